The van der Waals surface area contributed by atoms with Crippen LogP contribution in [0.15, 0.2) is 210 Å². The van der Waals surface area contributed by atoms with Gasteiger partial charge in [0, 0.05) is 10.9 Å². The van der Waals surface area contributed by atoms with E-state index < -0.39 is 245 Å². The molecule has 3 heteroatoms. The van der Waals surface area contributed by atoms with Crippen molar-refractivity contribution in [3.05, 3.63) is 206 Å². The van der Waals surface area contributed by atoms with Gasteiger partial charge < -0.3 is 4.42 Å². The first-order valence-electron chi connectivity index (χ1n) is 32.5. The Hall–Kier alpha value is -8.14. The van der Waals surface area contributed by atoms with Crippen molar-refractivity contribution in [1.82, 2.24) is 9.97 Å². The Kier molecular flexibility index (Phi) is 3.56. The van der Waals surface area contributed by atoms with Gasteiger partial charge in [0.25, 0.3) is 0 Å². The summed E-state index contributed by atoms with van der Waals surface area (Å²) in [4.78, 5) is 8.84. The number of furan rings is 1. The third-order valence-corrected chi connectivity index (χ3v) is 10.5. The molecule has 3 nitrogen and oxygen atoms in total. The van der Waals surface area contributed by atoms with Crippen molar-refractivity contribution in [2.45, 2.75) is 0 Å². The molecule has 0 atom stereocenters. The summed E-state index contributed by atoms with van der Waals surface area (Å²) < 4.78 is 259. The highest BCUT2D eigenvalue weighted by Crippen LogP contribution is 2.41. The first-order chi connectivity index (χ1) is 41.9. The summed E-state index contributed by atoms with van der Waals surface area (Å²) in [5.41, 5.74) is -2.81. The summed E-state index contributed by atoms with van der Waals surface area (Å²) in [6.45, 7) is 0. The van der Waals surface area contributed by atoms with Crippen LogP contribution >= 0.6 is 0 Å². The fourth-order valence-electron chi connectivity index (χ4n) is 7.78. The number of fused-ring (bicyclic) bond motifs is 15. The molecule has 0 fully saturated rings. The van der Waals surface area contributed by atoms with E-state index in [1.165, 1.54) is 18.2 Å². The molecule has 0 aliphatic rings. The van der Waals surface area contributed by atoms with Gasteiger partial charge in [0.2, 0.25) is 0 Å². The zero-order chi connectivity index (χ0) is 64.4. The van der Waals surface area contributed by atoms with Crippen LogP contribution in [0.3, 0.4) is 0 Å². The van der Waals surface area contributed by atoms with Crippen molar-refractivity contribution < 1.29 is 42.8 Å². The molecule has 13 aromatic rings. The standard InChI is InChI=1S/C58H34N2O/c1-3-19-46-42(15-1)44-17-5-7-21-48(44)52-31-38(23-26-50(46)52)35-11-9-12-36(29-35)40-25-28-55-54(33-40)57-58(61-55)56(59-34-60-57)41-14-10-13-37(30-41)39-24-27-51-47-20-4-2-16-43(47)45-18-6-8-22-49(45)53(51)32-39/h1-34H/i1D,2D,3D,4D,5D,6D,7D,8D,11D,12D,13D,14D,15D,16D,17D,18D,19D,20D,21D,22D,23D,24D,26D,27D,29D,30D,31D,32D. The normalized spacial score (nSPS) is 18.4. The highest BCUT2D eigenvalue weighted by Gasteiger charge is 2.18. The van der Waals surface area contributed by atoms with Crippen LogP contribution in [-0.2, 0) is 0 Å². The molecule has 0 bridgehead atoms. The van der Waals surface area contributed by atoms with Gasteiger partial charge in [0.15, 0.2) is 5.58 Å². The van der Waals surface area contributed by atoms with Gasteiger partial charge in [0.05, 0.1) is 38.4 Å². The lowest BCUT2D eigenvalue weighted by molar-refractivity contribution is 0.667. The Bertz CT molecular complexity index is 5520. The lowest BCUT2D eigenvalue weighted by Gasteiger charge is -2.12. The molecular weight excluding hydrogens is 741 g/mol. The summed E-state index contributed by atoms with van der Waals surface area (Å²) in [5.74, 6) is 0. The van der Waals surface area contributed by atoms with Crippen LogP contribution in [0.5, 0.6) is 0 Å². The van der Waals surface area contributed by atoms with Gasteiger partial charge in [0.1, 0.15) is 23.1 Å². The maximum absolute atomic E-state index is 9.76. The Morgan fingerprint density at radius 2 is 0.754 bits per heavy atom. The summed E-state index contributed by atoms with van der Waals surface area (Å²) >= 11 is 0. The number of aromatic nitrogens is 2. The van der Waals surface area contributed by atoms with Gasteiger partial charge in [-0.2, -0.15) is 0 Å². The van der Waals surface area contributed by atoms with Crippen molar-refractivity contribution >= 4 is 86.7 Å². The van der Waals surface area contributed by atoms with Crippen LogP contribution in [0.25, 0.3) is 131 Å². The topological polar surface area (TPSA) is 38.9 Å². The van der Waals surface area contributed by atoms with E-state index in [1.54, 1.807) is 0 Å². The zero-order valence-electron chi connectivity index (χ0n) is 58.8. The Labute approximate surface area is 390 Å². The van der Waals surface area contributed by atoms with Crippen molar-refractivity contribution in [1.29, 1.82) is 0 Å². The van der Waals surface area contributed by atoms with E-state index in [0.29, 0.717) is 0 Å². The van der Waals surface area contributed by atoms with Crippen molar-refractivity contribution in [2.75, 3.05) is 0 Å². The summed E-state index contributed by atoms with van der Waals surface area (Å²) in [6.07, 6.45) is 1.06. The molecule has 2 heterocycles. The molecule has 282 valence electrons. The molecule has 0 radical (unpaired) electrons. The average Bonchev–Trinajstić information content (AvgIpc) is 1.16. The van der Waals surface area contributed by atoms with E-state index in [-0.39, 0.29) is 55.2 Å². The van der Waals surface area contributed by atoms with Gasteiger partial charge in [-0.1, -0.05) is 163 Å². The van der Waals surface area contributed by atoms with E-state index in [1.807, 2.05) is 0 Å². The Balaban J connectivity index is 1.02. The van der Waals surface area contributed by atoms with Crippen LogP contribution in [0, 0.1) is 0 Å². The minimum Gasteiger partial charge on any atom is -0.452 e. The number of hydrogen-bond donors (Lipinski definition) is 0. The van der Waals surface area contributed by atoms with Crippen LogP contribution in [0.4, 0.5) is 0 Å². The predicted octanol–water partition coefficient (Wildman–Crippen LogP) is 16.0. The minimum absolute atomic E-state index is 0.0213. The molecule has 0 amide bonds. The molecule has 0 N–H and O–H groups in total. The largest absolute Gasteiger partial charge is 0.452 e. The predicted molar refractivity (Wildman–Crippen MR) is 256 cm³/mol. The molecule has 61 heavy (non-hydrogen) atoms. The number of rotatable bonds is 4. The highest BCUT2D eigenvalue weighted by atomic mass is 16.3. The Morgan fingerprint density at radius 1 is 0.344 bits per heavy atom. The average molecular weight is 803 g/mol. The van der Waals surface area contributed by atoms with Crippen LogP contribution < -0.4 is 0 Å². The summed E-state index contributed by atoms with van der Waals surface area (Å²) in [6, 6.07) is -13.6. The maximum Gasteiger partial charge on any atom is 0.180 e. The van der Waals surface area contributed by atoms with Gasteiger partial charge >= 0.3 is 0 Å². The molecule has 0 aliphatic heterocycles. The van der Waals surface area contributed by atoms with Gasteiger partial charge in [-0.05, 0) is 134 Å². The van der Waals surface area contributed by atoms with Gasteiger partial charge in [-0.25, -0.2) is 9.97 Å². The first kappa shape index (κ1) is 16.5. The SMILES string of the molecule is [2H]c1cc([2H])c(-c2c([2H])c([2H])c3c4c([2H])c([2H])c([2H])c([2H])c4c4c([2H])c([2H])c([2H])c([2H])c4c3c2[2H])c([2H])c1-c1ccc2oc3c(-c4c([2H])cc([2H])c(-c5c([2H])c([2H])c6c7c([2H])c([2H])c([2H])c([2H])c7c7c([2H])c([2H])c([2H])c([2H])c7c6c5[2H])c4[2H])ncnc3c2c1. The first-order valence-corrected chi connectivity index (χ1v) is 18.5. The smallest absolute Gasteiger partial charge is 0.180 e. The quantitative estimate of drug-likeness (QED) is 0.166. The fourth-order valence-corrected chi connectivity index (χ4v) is 7.78. The molecular formula is C58H34N2O. The number of nitrogens with zero attached hydrogens (tertiary/aromatic N) is 2. The molecule has 0 unspecified atom stereocenters. The molecule has 0 saturated heterocycles. The van der Waals surface area contributed by atoms with E-state index in [9.17, 15) is 11.0 Å². The van der Waals surface area contributed by atoms with Gasteiger partial charge in [-0.3, -0.25) is 0 Å². The van der Waals surface area contributed by atoms with Crippen molar-refractivity contribution in [3.63, 3.8) is 0 Å². The third kappa shape index (κ3) is 5.24. The van der Waals surface area contributed by atoms with E-state index in [0.717, 1.165) is 18.5 Å². The third-order valence-electron chi connectivity index (χ3n) is 10.5. The molecule has 11 aromatic carbocycles. The van der Waals surface area contributed by atoms with Crippen molar-refractivity contribution in [3.8, 4) is 44.6 Å². The lowest BCUT2D eigenvalue weighted by Crippen LogP contribution is -1.88. The van der Waals surface area contributed by atoms with Crippen LogP contribution in [0.1, 0.15) is 38.4 Å². The van der Waals surface area contributed by atoms with Crippen LogP contribution in [-0.4, -0.2) is 9.97 Å². The second-order valence-electron chi connectivity index (χ2n) is 13.8. The maximum atomic E-state index is 9.76. The molecule has 13 rings (SSSR count). The number of benzene rings is 11. The van der Waals surface area contributed by atoms with E-state index in [2.05, 4.69) is 9.97 Å². The summed E-state index contributed by atoms with van der Waals surface area (Å²) in [7, 11) is 0. The minimum atomic E-state index is -0.814. The molecule has 0 spiro atoms. The lowest BCUT2D eigenvalue weighted by atomic mass is 9.91. The van der Waals surface area contributed by atoms with E-state index in [4.69, 9.17) is 31.8 Å². The van der Waals surface area contributed by atoms with E-state index >= 15 is 0 Å². The van der Waals surface area contributed by atoms with Crippen molar-refractivity contribution in [2.24, 2.45) is 0 Å². The fraction of sp³-hybridized carbons (Fsp3) is 0. The molecule has 0 saturated carbocycles. The highest BCUT2D eigenvalue weighted by molar-refractivity contribution is 6.27. The second-order valence-corrected chi connectivity index (χ2v) is 13.8. The second kappa shape index (κ2) is 13.2. The molecule has 2 aromatic heterocycles. The molecule has 0 aliphatic carbocycles. The number of hydrogen-bond acceptors (Lipinski definition) is 3. The van der Waals surface area contributed by atoms with Gasteiger partial charge in [-0.15, -0.1) is 0 Å². The Morgan fingerprint density at radius 3 is 1.26 bits per heavy atom. The summed E-state index contributed by atoms with van der Waals surface area (Å²) in [5, 5.41) is -4.73. The monoisotopic (exact) mass is 802 g/mol. The van der Waals surface area contributed by atoms with Crippen LogP contribution in [0.2, 0.25) is 0 Å². The zero-order valence-corrected chi connectivity index (χ0v) is 30.8.